The molecule has 0 aliphatic carbocycles. The number of carbonyl (C=O) groups is 2. The lowest BCUT2D eigenvalue weighted by Gasteiger charge is -2.18. The van der Waals surface area contributed by atoms with E-state index in [9.17, 15) is 9.59 Å². The van der Waals surface area contributed by atoms with Crippen LogP contribution in [-0.2, 0) is 4.79 Å². The highest BCUT2D eigenvalue weighted by Gasteiger charge is 2.28. The molecule has 1 aromatic carbocycles. The van der Waals surface area contributed by atoms with E-state index in [-0.39, 0.29) is 12.3 Å². The van der Waals surface area contributed by atoms with E-state index >= 15 is 0 Å². The van der Waals surface area contributed by atoms with Crippen molar-refractivity contribution < 1.29 is 14.7 Å². The van der Waals surface area contributed by atoms with Crippen molar-refractivity contribution >= 4 is 27.8 Å². The first-order valence-electron chi connectivity index (χ1n) is 6.75. The third-order valence-corrected chi connectivity index (χ3v) is 4.81. The van der Waals surface area contributed by atoms with Gasteiger partial charge < -0.3 is 10.0 Å². The summed E-state index contributed by atoms with van der Waals surface area (Å²) in [6, 6.07) is 5.66. The molecular weight excluding hydrogens is 322 g/mol. The van der Waals surface area contributed by atoms with Gasteiger partial charge in [-0.05, 0) is 53.2 Å². The molecule has 0 radical (unpaired) electrons. The van der Waals surface area contributed by atoms with Gasteiger partial charge in [0.05, 0.1) is 5.56 Å². The van der Waals surface area contributed by atoms with Crippen LogP contribution in [0, 0.1) is 12.8 Å². The smallest absolute Gasteiger partial charge is 0.303 e. The van der Waals surface area contributed by atoms with Gasteiger partial charge in [0.15, 0.2) is 0 Å². The molecule has 2 rings (SSSR count). The van der Waals surface area contributed by atoms with E-state index in [1.165, 1.54) is 0 Å². The second-order valence-electron chi connectivity index (χ2n) is 5.27. The maximum absolute atomic E-state index is 12.5. The van der Waals surface area contributed by atoms with Crippen LogP contribution in [0.1, 0.15) is 35.2 Å². The van der Waals surface area contributed by atoms with Crippen molar-refractivity contribution in [1.29, 1.82) is 0 Å². The molecule has 5 heteroatoms. The maximum Gasteiger partial charge on any atom is 0.303 e. The summed E-state index contributed by atoms with van der Waals surface area (Å²) in [4.78, 5) is 24.9. The number of likely N-dealkylation sites (tertiary alicyclic amines) is 1. The molecule has 108 valence electrons. The summed E-state index contributed by atoms with van der Waals surface area (Å²) >= 11 is 3.47. The van der Waals surface area contributed by atoms with Gasteiger partial charge in [0.1, 0.15) is 0 Å². The fraction of sp³-hybridized carbons (Fsp3) is 0.467. The number of halogens is 1. The predicted octanol–water partition coefficient (Wildman–Crippen LogP) is 3.08. The predicted molar refractivity (Wildman–Crippen MR) is 79.8 cm³/mol. The van der Waals surface area contributed by atoms with Gasteiger partial charge in [0.2, 0.25) is 0 Å². The second kappa shape index (κ2) is 6.39. The van der Waals surface area contributed by atoms with E-state index in [0.717, 1.165) is 16.5 Å². The minimum Gasteiger partial charge on any atom is -0.481 e. The molecule has 1 aliphatic heterocycles. The van der Waals surface area contributed by atoms with Crippen LogP contribution in [0.3, 0.4) is 0 Å². The fourth-order valence-corrected chi connectivity index (χ4v) is 3.00. The van der Waals surface area contributed by atoms with Crippen LogP contribution in [0.15, 0.2) is 22.7 Å². The Labute approximate surface area is 126 Å². The van der Waals surface area contributed by atoms with Crippen molar-refractivity contribution in [2.24, 2.45) is 5.92 Å². The Kier molecular flexibility index (Phi) is 4.81. The molecule has 1 N–H and O–H groups in total. The van der Waals surface area contributed by atoms with Crippen LogP contribution in [-0.4, -0.2) is 35.0 Å². The number of aliphatic carboxylic acids is 1. The lowest BCUT2D eigenvalue weighted by molar-refractivity contribution is -0.137. The standard InChI is InChI=1S/C15H18BrNO3/c1-10-3-2-4-12(14(10)16)15(20)17-8-7-11(9-17)5-6-13(18)19/h2-4,11H,5-9H2,1H3,(H,18,19). The van der Waals surface area contributed by atoms with Crippen molar-refractivity contribution in [3.63, 3.8) is 0 Å². The zero-order valence-corrected chi connectivity index (χ0v) is 13.0. The Bertz CT molecular complexity index is 530. The quantitative estimate of drug-likeness (QED) is 0.916. The van der Waals surface area contributed by atoms with Crippen LogP contribution in [0.5, 0.6) is 0 Å². The third kappa shape index (κ3) is 3.39. The average Bonchev–Trinajstić information content (AvgIpc) is 2.87. The van der Waals surface area contributed by atoms with Crippen molar-refractivity contribution in [2.45, 2.75) is 26.2 Å². The zero-order chi connectivity index (χ0) is 14.7. The number of benzene rings is 1. The summed E-state index contributed by atoms with van der Waals surface area (Å²) in [5, 5.41) is 8.71. The highest BCUT2D eigenvalue weighted by Crippen LogP contribution is 2.26. The number of amides is 1. The Balaban J connectivity index is 2.01. The van der Waals surface area contributed by atoms with Crippen molar-refractivity contribution in [2.75, 3.05) is 13.1 Å². The molecule has 0 saturated carbocycles. The molecule has 1 unspecified atom stereocenters. The first-order valence-corrected chi connectivity index (χ1v) is 7.54. The molecule has 1 aliphatic rings. The molecule has 0 bridgehead atoms. The number of carboxylic acid groups (broad SMARTS) is 1. The van der Waals surface area contributed by atoms with E-state index in [4.69, 9.17) is 5.11 Å². The number of carboxylic acids is 1. The first kappa shape index (κ1) is 15.0. The van der Waals surface area contributed by atoms with Crippen LogP contribution < -0.4 is 0 Å². The summed E-state index contributed by atoms with van der Waals surface area (Å²) in [6.45, 7) is 3.33. The number of hydrogen-bond acceptors (Lipinski definition) is 2. The van der Waals surface area contributed by atoms with Crippen LogP contribution >= 0.6 is 15.9 Å². The molecule has 1 saturated heterocycles. The summed E-state index contributed by atoms with van der Waals surface area (Å²) in [7, 11) is 0. The molecule has 1 aromatic rings. The van der Waals surface area contributed by atoms with E-state index in [1.54, 1.807) is 0 Å². The molecule has 0 spiro atoms. The van der Waals surface area contributed by atoms with Gasteiger partial charge in [-0.3, -0.25) is 9.59 Å². The minimum absolute atomic E-state index is 0.0263. The molecule has 4 nitrogen and oxygen atoms in total. The number of hydrogen-bond donors (Lipinski definition) is 1. The van der Waals surface area contributed by atoms with Crippen LogP contribution in [0.4, 0.5) is 0 Å². The van der Waals surface area contributed by atoms with E-state index < -0.39 is 5.97 Å². The van der Waals surface area contributed by atoms with Crippen LogP contribution in [0.25, 0.3) is 0 Å². The number of rotatable bonds is 4. The highest BCUT2D eigenvalue weighted by atomic mass is 79.9. The van der Waals surface area contributed by atoms with Gasteiger partial charge in [0.25, 0.3) is 5.91 Å². The number of carbonyl (C=O) groups excluding carboxylic acids is 1. The highest BCUT2D eigenvalue weighted by molar-refractivity contribution is 9.10. The molecule has 20 heavy (non-hydrogen) atoms. The Morgan fingerprint density at radius 1 is 1.45 bits per heavy atom. The SMILES string of the molecule is Cc1cccc(C(=O)N2CCC(CCC(=O)O)C2)c1Br. The monoisotopic (exact) mass is 339 g/mol. The van der Waals surface area contributed by atoms with Gasteiger partial charge >= 0.3 is 5.97 Å². The molecule has 1 heterocycles. The summed E-state index contributed by atoms with van der Waals surface area (Å²) < 4.78 is 0.846. The number of nitrogens with zero attached hydrogens (tertiary/aromatic N) is 1. The molecule has 0 aromatic heterocycles. The average molecular weight is 340 g/mol. The normalized spacial score (nSPS) is 18.3. The topological polar surface area (TPSA) is 57.6 Å². The van der Waals surface area contributed by atoms with Crippen molar-refractivity contribution in [1.82, 2.24) is 4.90 Å². The fourth-order valence-electron chi connectivity index (χ4n) is 2.56. The van der Waals surface area contributed by atoms with Gasteiger partial charge in [-0.15, -0.1) is 0 Å². The lowest BCUT2D eigenvalue weighted by Crippen LogP contribution is -2.29. The maximum atomic E-state index is 12.5. The largest absolute Gasteiger partial charge is 0.481 e. The zero-order valence-electron chi connectivity index (χ0n) is 11.4. The molecular formula is C15H18BrNO3. The van der Waals surface area contributed by atoms with Crippen molar-refractivity contribution in [3.05, 3.63) is 33.8 Å². The van der Waals surface area contributed by atoms with E-state index in [0.29, 0.717) is 31.0 Å². The number of aryl methyl sites for hydroxylation is 1. The van der Waals surface area contributed by atoms with E-state index in [1.807, 2.05) is 30.0 Å². The summed E-state index contributed by atoms with van der Waals surface area (Å²) in [5.41, 5.74) is 1.72. The van der Waals surface area contributed by atoms with Gasteiger partial charge in [0, 0.05) is 24.0 Å². The third-order valence-electron chi connectivity index (χ3n) is 3.76. The summed E-state index contributed by atoms with van der Waals surface area (Å²) in [6.07, 6.45) is 1.72. The van der Waals surface area contributed by atoms with Gasteiger partial charge in [-0.25, -0.2) is 0 Å². The Hall–Kier alpha value is -1.36. The van der Waals surface area contributed by atoms with Gasteiger partial charge in [-0.1, -0.05) is 12.1 Å². The van der Waals surface area contributed by atoms with E-state index in [2.05, 4.69) is 15.9 Å². The van der Waals surface area contributed by atoms with Gasteiger partial charge in [-0.2, -0.15) is 0 Å². The molecule has 1 atom stereocenters. The van der Waals surface area contributed by atoms with Crippen LogP contribution in [0.2, 0.25) is 0 Å². The lowest BCUT2D eigenvalue weighted by atomic mass is 10.0. The minimum atomic E-state index is -0.767. The Morgan fingerprint density at radius 3 is 2.90 bits per heavy atom. The summed E-state index contributed by atoms with van der Waals surface area (Å²) in [5.74, 6) is -0.437. The first-order chi connectivity index (χ1) is 9.49. The Morgan fingerprint density at radius 2 is 2.20 bits per heavy atom. The van der Waals surface area contributed by atoms with Crippen molar-refractivity contribution in [3.8, 4) is 0 Å². The molecule has 1 amide bonds. The molecule has 1 fully saturated rings. The second-order valence-corrected chi connectivity index (χ2v) is 6.07.